The molecule has 1 aromatic heterocycles. The third kappa shape index (κ3) is 3.65. The Balaban J connectivity index is 1.41. The zero-order valence-electron chi connectivity index (χ0n) is 14.9. The van der Waals surface area contributed by atoms with Gasteiger partial charge in [-0.15, -0.1) is 0 Å². The molecule has 138 valence electrons. The fourth-order valence-corrected chi connectivity index (χ4v) is 3.31. The van der Waals surface area contributed by atoms with Crippen LogP contribution in [-0.2, 0) is 17.8 Å². The summed E-state index contributed by atoms with van der Waals surface area (Å²) in [5.74, 6) is 0.756. The number of fused-ring (bicyclic) bond motifs is 1. The van der Waals surface area contributed by atoms with Crippen LogP contribution in [0.25, 0.3) is 5.69 Å². The highest BCUT2D eigenvalue weighted by molar-refractivity contribution is 5.76. The summed E-state index contributed by atoms with van der Waals surface area (Å²) < 4.78 is 7.16. The molecule has 6 nitrogen and oxygen atoms in total. The van der Waals surface area contributed by atoms with Crippen LogP contribution < -0.4 is 10.3 Å². The predicted octanol–water partition coefficient (Wildman–Crippen LogP) is 2.52. The second kappa shape index (κ2) is 7.53. The van der Waals surface area contributed by atoms with E-state index >= 15 is 0 Å². The Morgan fingerprint density at radius 1 is 1.04 bits per heavy atom. The van der Waals surface area contributed by atoms with E-state index in [-0.39, 0.29) is 11.5 Å². The van der Waals surface area contributed by atoms with Gasteiger partial charge >= 0.3 is 0 Å². The van der Waals surface area contributed by atoms with Crippen molar-refractivity contribution < 1.29 is 9.53 Å². The first-order chi connectivity index (χ1) is 13.2. The lowest BCUT2D eigenvalue weighted by Gasteiger charge is -2.26. The van der Waals surface area contributed by atoms with Crippen LogP contribution in [0, 0.1) is 0 Å². The van der Waals surface area contributed by atoms with E-state index in [0.29, 0.717) is 38.1 Å². The Morgan fingerprint density at radius 2 is 1.74 bits per heavy atom. The number of carbonyl (C=O) groups is 1. The van der Waals surface area contributed by atoms with Crippen LogP contribution in [0.2, 0.25) is 0 Å². The van der Waals surface area contributed by atoms with Gasteiger partial charge in [0.15, 0.2) is 0 Å². The number of hydrogen-bond donors (Lipinski definition) is 1. The Morgan fingerprint density at radius 3 is 2.48 bits per heavy atom. The molecule has 2 heterocycles. The fourth-order valence-electron chi connectivity index (χ4n) is 3.31. The third-order valence-electron chi connectivity index (χ3n) is 4.75. The van der Waals surface area contributed by atoms with Crippen molar-refractivity contribution in [3.63, 3.8) is 0 Å². The molecule has 0 bridgehead atoms. The van der Waals surface area contributed by atoms with Gasteiger partial charge in [-0.25, -0.2) is 4.68 Å². The molecule has 0 fully saturated rings. The summed E-state index contributed by atoms with van der Waals surface area (Å²) >= 11 is 0. The van der Waals surface area contributed by atoms with E-state index in [0.717, 1.165) is 17.1 Å². The second-order valence-electron chi connectivity index (χ2n) is 6.52. The van der Waals surface area contributed by atoms with Crippen LogP contribution in [0.15, 0.2) is 65.5 Å². The van der Waals surface area contributed by atoms with Crippen LogP contribution in [0.4, 0.5) is 0 Å². The molecule has 0 unspecified atom stereocenters. The Labute approximate surface area is 157 Å². The minimum atomic E-state index is -0.0887. The number of aromatic amines is 1. The molecule has 0 radical (unpaired) electrons. The summed E-state index contributed by atoms with van der Waals surface area (Å²) in [5, 5.41) is 3.18. The number of nitrogens with zero attached hydrogens (tertiary/aromatic N) is 2. The first-order valence-electron chi connectivity index (χ1n) is 9.06. The average Bonchev–Trinajstić information content (AvgIpc) is 3.05. The van der Waals surface area contributed by atoms with Crippen molar-refractivity contribution in [3.05, 3.63) is 82.3 Å². The number of rotatable bonds is 5. The number of H-pyrrole nitrogens is 1. The normalized spacial score (nSPS) is 13.3. The fraction of sp³-hybridized carbons (Fsp3) is 0.238. The lowest BCUT2D eigenvalue weighted by atomic mass is 10.1. The molecule has 0 aliphatic carbocycles. The largest absolute Gasteiger partial charge is 0.493 e. The van der Waals surface area contributed by atoms with Crippen LogP contribution >= 0.6 is 0 Å². The van der Waals surface area contributed by atoms with Gasteiger partial charge in [-0.05, 0) is 24.3 Å². The van der Waals surface area contributed by atoms with Crippen molar-refractivity contribution in [1.82, 2.24) is 14.7 Å². The number of aromatic nitrogens is 2. The highest BCUT2D eigenvalue weighted by atomic mass is 16.5. The average molecular weight is 363 g/mol. The molecule has 0 spiro atoms. The number of carbonyl (C=O) groups excluding carboxylic acids is 1. The van der Waals surface area contributed by atoms with Gasteiger partial charge in [0.05, 0.1) is 30.8 Å². The summed E-state index contributed by atoms with van der Waals surface area (Å²) in [7, 11) is 0. The molecular weight excluding hydrogens is 342 g/mol. The van der Waals surface area contributed by atoms with E-state index in [2.05, 4.69) is 5.10 Å². The second-order valence-corrected chi connectivity index (χ2v) is 6.52. The smallest absolute Gasteiger partial charge is 0.276 e. The SMILES string of the molecule is O=C(CCOc1ccccc1)N1CCc2[nH]n(-c3ccccc3)c(=O)c2C1. The van der Waals surface area contributed by atoms with Crippen molar-refractivity contribution >= 4 is 5.91 Å². The molecule has 2 aromatic carbocycles. The van der Waals surface area contributed by atoms with E-state index in [9.17, 15) is 9.59 Å². The van der Waals surface area contributed by atoms with Crippen LogP contribution in [-0.4, -0.2) is 33.7 Å². The minimum absolute atomic E-state index is 0.00319. The van der Waals surface area contributed by atoms with Gasteiger partial charge in [-0.3, -0.25) is 14.7 Å². The van der Waals surface area contributed by atoms with Gasteiger partial charge in [0.1, 0.15) is 5.75 Å². The van der Waals surface area contributed by atoms with Gasteiger partial charge in [0.25, 0.3) is 5.56 Å². The summed E-state index contributed by atoms with van der Waals surface area (Å²) in [5.41, 5.74) is 2.29. The van der Waals surface area contributed by atoms with E-state index in [4.69, 9.17) is 4.74 Å². The van der Waals surface area contributed by atoms with Gasteiger partial charge in [-0.2, -0.15) is 0 Å². The lowest BCUT2D eigenvalue weighted by Crippen LogP contribution is -2.38. The van der Waals surface area contributed by atoms with Gasteiger partial charge in [-0.1, -0.05) is 36.4 Å². The van der Waals surface area contributed by atoms with Crippen molar-refractivity contribution in [2.75, 3.05) is 13.2 Å². The molecule has 4 rings (SSSR count). The maximum absolute atomic E-state index is 12.8. The number of para-hydroxylation sites is 2. The summed E-state index contributed by atoms with van der Waals surface area (Å²) in [6.45, 7) is 1.27. The first-order valence-corrected chi connectivity index (χ1v) is 9.06. The molecule has 0 atom stereocenters. The van der Waals surface area contributed by atoms with Gasteiger partial charge in [0.2, 0.25) is 5.91 Å². The molecule has 0 saturated carbocycles. The molecule has 1 aliphatic heterocycles. The first kappa shape index (κ1) is 17.1. The van der Waals surface area contributed by atoms with Crippen LogP contribution in [0.3, 0.4) is 0 Å². The minimum Gasteiger partial charge on any atom is -0.493 e. The van der Waals surface area contributed by atoms with Crippen molar-refractivity contribution in [1.29, 1.82) is 0 Å². The summed E-state index contributed by atoms with van der Waals surface area (Å²) in [6, 6.07) is 18.9. The number of amides is 1. The molecule has 6 heteroatoms. The zero-order valence-corrected chi connectivity index (χ0v) is 14.9. The summed E-state index contributed by atoms with van der Waals surface area (Å²) in [6.07, 6.45) is 0.942. The number of benzene rings is 2. The van der Waals surface area contributed by atoms with Crippen LogP contribution in [0.1, 0.15) is 17.7 Å². The molecule has 1 N–H and O–H groups in total. The Bertz CT molecular complexity index is 977. The van der Waals surface area contributed by atoms with Gasteiger partial charge < -0.3 is 9.64 Å². The van der Waals surface area contributed by atoms with E-state index in [1.54, 1.807) is 9.58 Å². The zero-order chi connectivity index (χ0) is 18.6. The highest BCUT2D eigenvalue weighted by Gasteiger charge is 2.25. The molecule has 27 heavy (non-hydrogen) atoms. The summed E-state index contributed by atoms with van der Waals surface area (Å²) in [4.78, 5) is 27.0. The van der Waals surface area contributed by atoms with E-state index < -0.39 is 0 Å². The molecule has 1 amide bonds. The van der Waals surface area contributed by atoms with Crippen molar-refractivity contribution in [2.45, 2.75) is 19.4 Å². The third-order valence-corrected chi connectivity index (χ3v) is 4.75. The number of nitrogens with one attached hydrogen (secondary N) is 1. The highest BCUT2D eigenvalue weighted by Crippen LogP contribution is 2.17. The Hall–Kier alpha value is -3.28. The van der Waals surface area contributed by atoms with Crippen LogP contribution in [0.5, 0.6) is 5.75 Å². The maximum atomic E-state index is 12.8. The molecule has 1 aliphatic rings. The molecular formula is C21H21N3O3. The van der Waals surface area contributed by atoms with Crippen molar-refractivity contribution in [3.8, 4) is 11.4 Å². The van der Waals surface area contributed by atoms with E-state index in [1.165, 1.54) is 0 Å². The molecule has 3 aromatic rings. The molecule has 0 saturated heterocycles. The topological polar surface area (TPSA) is 67.3 Å². The maximum Gasteiger partial charge on any atom is 0.276 e. The van der Waals surface area contributed by atoms with Crippen molar-refractivity contribution in [2.24, 2.45) is 0 Å². The number of ether oxygens (including phenoxy) is 1. The van der Waals surface area contributed by atoms with Gasteiger partial charge in [0, 0.05) is 18.7 Å². The standard InChI is InChI=1S/C21H21N3O3/c25-20(12-14-27-17-9-5-2-6-10-17)23-13-11-19-18(15-23)21(26)24(22-19)16-7-3-1-4-8-16/h1-10,22H,11-15H2. The quantitative estimate of drug-likeness (QED) is 0.757. The predicted molar refractivity (Wildman–Crippen MR) is 102 cm³/mol. The van der Waals surface area contributed by atoms with E-state index in [1.807, 2.05) is 60.7 Å². The number of hydrogen-bond acceptors (Lipinski definition) is 3. The Kier molecular flexibility index (Phi) is 4.78. The monoisotopic (exact) mass is 363 g/mol. The lowest BCUT2D eigenvalue weighted by molar-refractivity contribution is -0.132.